The van der Waals surface area contributed by atoms with E-state index in [2.05, 4.69) is 9.88 Å². The lowest BCUT2D eigenvalue weighted by Gasteiger charge is -2.31. The van der Waals surface area contributed by atoms with Crippen molar-refractivity contribution in [2.75, 3.05) is 19.6 Å². The van der Waals surface area contributed by atoms with Crippen molar-refractivity contribution in [3.05, 3.63) is 69.9 Å². The summed E-state index contributed by atoms with van der Waals surface area (Å²) in [6.07, 6.45) is 4.51. The van der Waals surface area contributed by atoms with Gasteiger partial charge in [0.25, 0.3) is 0 Å². The van der Waals surface area contributed by atoms with E-state index in [9.17, 15) is 14.0 Å². The van der Waals surface area contributed by atoms with Gasteiger partial charge in [-0.2, -0.15) is 0 Å². The zero-order valence-corrected chi connectivity index (χ0v) is 13.5. The molecule has 1 fully saturated rings. The van der Waals surface area contributed by atoms with Crippen LogP contribution in [0, 0.1) is 11.7 Å². The van der Waals surface area contributed by atoms with Gasteiger partial charge < -0.3 is 4.98 Å². The van der Waals surface area contributed by atoms with Crippen molar-refractivity contribution in [3.63, 3.8) is 0 Å². The fourth-order valence-corrected chi connectivity index (χ4v) is 3.18. The highest BCUT2D eigenvalue weighted by Gasteiger charge is 2.21. The number of rotatable bonds is 5. The second kappa shape index (κ2) is 7.53. The molecule has 0 aliphatic carbocycles. The van der Waals surface area contributed by atoms with Crippen molar-refractivity contribution in [2.45, 2.75) is 19.3 Å². The molecule has 1 aromatic carbocycles. The van der Waals surface area contributed by atoms with Gasteiger partial charge in [0, 0.05) is 17.8 Å². The Morgan fingerprint density at radius 2 is 1.83 bits per heavy atom. The predicted octanol–water partition coefficient (Wildman–Crippen LogP) is 2.65. The van der Waals surface area contributed by atoms with E-state index in [-0.39, 0.29) is 17.2 Å². The minimum Gasteiger partial charge on any atom is -0.328 e. The summed E-state index contributed by atoms with van der Waals surface area (Å²) in [7, 11) is 0. The first-order valence-corrected chi connectivity index (χ1v) is 8.29. The van der Waals surface area contributed by atoms with Crippen molar-refractivity contribution in [1.29, 1.82) is 0 Å². The van der Waals surface area contributed by atoms with E-state index in [1.54, 1.807) is 6.07 Å². The number of piperidine rings is 1. The number of nitrogens with one attached hydrogen (secondary N) is 1. The molecule has 24 heavy (non-hydrogen) atoms. The smallest absolute Gasteiger partial charge is 0.247 e. The van der Waals surface area contributed by atoms with Crippen molar-refractivity contribution in [2.24, 2.45) is 5.92 Å². The summed E-state index contributed by atoms with van der Waals surface area (Å²) in [5.41, 5.74) is 1.51. The van der Waals surface area contributed by atoms with Crippen molar-refractivity contribution in [1.82, 2.24) is 9.88 Å². The van der Waals surface area contributed by atoms with Gasteiger partial charge in [-0.15, -0.1) is 0 Å². The van der Waals surface area contributed by atoms with Crippen LogP contribution in [0.5, 0.6) is 0 Å². The quantitative estimate of drug-likeness (QED) is 0.859. The molecule has 1 aromatic heterocycles. The maximum Gasteiger partial charge on any atom is 0.247 e. The van der Waals surface area contributed by atoms with Gasteiger partial charge in [0.15, 0.2) is 5.78 Å². The van der Waals surface area contributed by atoms with Gasteiger partial charge in [-0.25, -0.2) is 4.39 Å². The van der Waals surface area contributed by atoms with Crippen LogP contribution < -0.4 is 5.56 Å². The number of ketones is 1. The zero-order chi connectivity index (χ0) is 16.9. The minimum absolute atomic E-state index is 0.0308. The second-order valence-electron chi connectivity index (χ2n) is 6.41. The summed E-state index contributed by atoms with van der Waals surface area (Å²) in [5, 5.41) is 0. The highest BCUT2D eigenvalue weighted by atomic mass is 19.1. The predicted molar refractivity (Wildman–Crippen MR) is 90.7 cm³/mol. The molecule has 2 aromatic rings. The average Bonchev–Trinajstić information content (AvgIpc) is 2.59. The summed E-state index contributed by atoms with van der Waals surface area (Å²) in [5.74, 6) is 0.410. The molecule has 0 atom stereocenters. The Bertz CT molecular complexity index is 726. The summed E-state index contributed by atoms with van der Waals surface area (Å²) in [4.78, 5) is 28.0. The SMILES string of the molecule is O=C(CN1CCC(Cc2ccc(F)cc2)CC1)c1ccc(=O)[nH]c1. The third-order valence-corrected chi connectivity index (χ3v) is 4.62. The molecular formula is C19H21FN2O2. The van der Waals surface area contributed by atoms with Crippen LogP contribution in [0.4, 0.5) is 4.39 Å². The first-order valence-electron chi connectivity index (χ1n) is 8.29. The third kappa shape index (κ3) is 4.38. The number of carbonyl (C=O) groups is 1. The van der Waals surface area contributed by atoms with Gasteiger partial charge in [0.2, 0.25) is 5.56 Å². The van der Waals surface area contributed by atoms with E-state index in [1.165, 1.54) is 30.0 Å². The van der Waals surface area contributed by atoms with E-state index in [0.29, 0.717) is 18.0 Å². The van der Waals surface area contributed by atoms with Crippen LogP contribution in [0.2, 0.25) is 0 Å². The monoisotopic (exact) mass is 328 g/mol. The molecular weight excluding hydrogens is 307 g/mol. The molecule has 126 valence electrons. The number of likely N-dealkylation sites (tertiary alicyclic amines) is 1. The Balaban J connectivity index is 1.48. The van der Waals surface area contributed by atoms with E-state index in [1.807, 2.05) is 12.1 Å². The highest BCUT2D eigenvalue weighted by molar-refractivity contribution is 5.97. The van der Waals surface area contributed by atoms with Crippen molar-refractivity contribution in [3.8, 4) is 0 Å². The number of Topliss-reactive ketones (excluding diaryl/α,β-unsaturated/α-hetero) is 1. The number of H-pyrrole nitrogens is 1. The van der Waals surface area contributed by atoms with Gasteiger partial charge in [-0.3, -0.25) is 14.5 Å². The van der Waals surface area contributed by atoms with Crippen molar-refractivity contribution >= 4 is 5.78 Å². The molecule has 3 rings (SSSR count). The lowest BCUT2D eigenvalue weighted by molar-refractivity contribution is 0.0895. The summed E-state index contributed by atoms with van der Waals surface area (Å²) < 4.78 is 12.9. The lowest BCUT2D eigenvalue weighted by Crippen LogP contribution is -2.38. The summed E-state index contributed by atoms with van der Waals surface area (Å²) >= 11 is 0. The fourth-order valence-electron chi connectivity index (χ4n) is 3.18. The Morgan fingerprint density at radius 1 is 1.12 bits per heavy atom. The van der Waals surface area contributed by atoms with Gasteiger partial charge in [-0.05, 0) is 62.0 Å². The van der Waals surface area contributed by atoms with Crippen LogP contribution in [-0.4, -0.2) is 35.3 Å². The van der Waals surface area contributed by atoms with Crippen LogP contribution in [-0.2, 0) is 6.42 Å². The van der Waals surface area contributed by atoms with E-state index >= 15 is 0 Å². The number of hydrogen-bond acceptors (Lipinski definition) is 3. The van der Waals surface area contributed by atoms with Crippen LogP contribution in [0.25, 0.3) is 0 Å². The first-order chi connectivity index (χ1) is 11.6. The highest BCUT2D eigenvalue weighted by Crippen LogP contribution is 2.22. The molecule has 5 heteroatoms. The van der Waals surface area contributed by atoms with Crippen LogP contribution in [0.1, 0.15) is 28.8 Å². The average molecular weight is 328 g/mol. The van der Waals surface area contributed by atoms with Crippen LogP contribution in [0.3, 0.4) is 0 Å². The lowest BCUT2D eigenvalue weighted by atomic mass is 9.90. The molecule has 1 aliphatic rings. The molecule has 0 spiro atoms. The molecule has 0 unspecified atom stereocenters. The largest absolute Gasteiger partial charge is 0.328 e. The maximum atomic E-state index is 12.9. The third-order valence-electron chi connectivity index (χ3n) is 4.62. The number of aromatic nitrogens is 1. The molecule has 0 amide bonds. The van der Waals surface area contributed by atoms with E-state index < -0.39 is 0 Å². The topological polar surface area (TPSA) is 53.2 Å². The van der Waals surface area contributed by atoms with Crippen LogP contribution in [0.15, 0.2) is 47.4 Å². The number of halogens is 1. The molecule has 0 radical (unpaired) electrons. The van der Waals surface area contributed by atoms with Gasteiger partial charge >= 0.3 is 0 Å². The number of pyridine rings is 1. The number of nitrogens with zero attached hydrogens (tertiary/aromatic N) is 1. The summed E-state index contributed by atoms with van der Waals surface area (Å²) in [6.45, 7) is 2.16. The zero-order valence-electron chi connectivity index (χ0n) is 13.5. The van der Waals surface area contributed by atoms with Gasteiger partial charge in [0.1, 0.15) is 5.82 Å². The Kier molecular flexibility index (Phi) is 5.20. The number of benzene rings is 1. The molecule has 4 nitrogen and oxygen atoms in total. The molecule has 0 saturated carbocycles. The normalized spacial score (nSPS) is 16.2. The molecule has 1 N–H and O–H groups in total. The van der Waals surface area contributed by atoms with Crippen LogP contribution >= 0.6 is 0 Å². The Hall–Kier alpha value is -2.27. The Morgan fingerprint density at radius 3 is 2.46 bits per heavy atom. The minimum atomic E-state index is -0.201. The molecule has 1 saturated heterocycles. The molecule has 2 heterocycles. The number of carbonyl (C=O) groups excluding carboxylic acids is 1. The van der Waals surface area contributed by atoms with Gasteiger partial charge in [0.05, 0.1) is 6.54 Å². The van der Waals surface area contributed by atoms with Gasteiger partial charge in [-0.1, -0.05) is 12.1 Å². The van der Waals surface area contributed by atoms with E-state index in [0.717, 1.165) is 32.4 Å². The summed E-state index contributed by atoms with van der Waals surface area (Å²) in [6, 6.07) is 9.66. The fraction of sp³-hybridized carbons (Fsp3) is 0.368. The number of hydrogen-bond donors (Lipinski definition) is 1. The van der Waals surface area contributed by atoms with E-state index in [4.69, 9.17) is 0 Å². The number of aromatic amines is 1. The van der Waals surface area contributed by atoms with Crippen molar-refractivity contribution < 1.29 is 9.18 Å². The Labute approximate surface area is 140 Å². The second-order valence-corrected chi connectivity index (χ2v) is 6.41. The maximum absolute atomic E-state index is 12.9. The molecule has 0 bridgehead atoms. The standard InChI is InChI=1S/C19H21FN2O2/c20-17-4-1-14(2-5-17)11-15-7-9-22(10-8-15)13-18(23)16-3-6-19(24)21-12-16/h1-6,12,15H,7-11,13H2,(H,21,24). The first kappa shape index (κ1) is 16.6. The molecule has 1 aliphatic heterocycles.